The van der Waals surface area contributed by atoms with E-state index in [1.54, 1.807) is 6.92 Å². The summed E-state index contributed by atoms with van der Waals surface area (Å²) in [5, 5.41) is 18.4. The highest BCUT2D eigenvalue weighted by Gasteiger charge is 2.36. The molecule has 1 heterocycles. The zero-order valence-corrected chi connectivity index (χ0v) is 13.8. The predicted molar refractivity (Wildman–Crippen MR) is 79.8 cm³/mol. The van der Waals surface area contributed by atoms with E-state index in [0.717, 1.165) is 6.07 Å². The molecule has 2 N–H and O–H groups in total. The second kappa shape index (κ2) is 6.04. The van der Waals surface area contributed by atoms with E-state index in [1.807, 2.05) is 0 Å². The molecule has 1 aliphatic heterocycles. The molecule has 1 aliphatic rings. The number of carboxylic acid groups (broad SMARTS) is 1. The summed E-state index contributed by atoms with van der Waals surface area (Å²) in [6, 6.07) is 2.12. The fourth-order valence-electron chi connectivity index (χ4n) is 2.48. The van der Waals surface area contributed by atoms with Gasteiger partial charge >= 0.3 is 5.97 Å². The number of carbonyl (C=O) groups is 1. The Balaban J connectivity index is 2.56. The number of hydrogen-bond acceptors (Lipinski definition) is 4. The Kier molecular flexibility index (Phi) is 4.72. The Hall–Kier alpha value is -0.960. The number of benzene rings is 1. The van der Waals surface area contributed by atoms with E-state index in [-0.39, 0.29) is 17.1 Å². The van der Waals surface area contributed by atoms with Crippen LogP contribution in [0.15, 0.2) is 21.5 Å². The molecule has 21 heavy (non-hydrogen) atoms. The molecular formula is C13H16BrNO5S. The van der Waals surface area contributed by atoms with Crippen LogP contribution in [0.5, 0.6) is 0 Å². The molecule has 0 aromatic heterocycles. The van der Waals surface area contributed by atoms with Gasteiger partial charge in [-0.25, -0.2) is 13.2 Å². The van der Waals surface area contributed by atoms with Crippen LogP contribution in [0.1, 0.15) is 28.8 Å². The van der Waals surface area contributed by atoms with Gasteiger partial charge in [0.25, 0.3) is 0 Å². The van der Waals surface area contributed by atoms with Gasteiger partial charge in [-0.1, -0.05) is 0 Å². The predicted octanol–water partition coefficient (Wildman–Crippen LogP) is 1.60. The van der Waals surface area contributed by atoms with Gasteiger partial charge < -0.3 is 10.2 Å². The molecule has 1 aromatic rings. The summed E-state index contributed by atoms with van der Waals surface area (Å²) in [5.41, 5.74) is 0.460. The van der Waals surface area contributed by atoms with Crippen LogP contribution >= 0.6 is 15.9 Å². The summed E-state index contributed by atoms with van der Waals surface area (Å²) in [6.07, 6.45) is 1.28. The number of carboxylic acids is 1. The second-order valence-corrected chi connectivity index (χ2v) is 7.66. The van der Waals surface area contributed by atoms with Gasteiger partial charge in [0.1, 0.15) is 0 Å². The van der Waals surface area contributed by atoms with Gasteiger partial charge in [-0.15, -0.1) is 0 Å². The van der Waals surface area contributed by atoms with Gasteiger partial charge in [0.05, 0.1) is 17.1 Å². The lowest BCUT2D eigenvalue weighted by molar-refractivity contribution is 0.0696. The molecule has 0 saturated carbocycles. The molecule has 0 radical (unpaired) electrons. The van der Waals surface area contributed by atoms with Gasteiger partial charge in [-0.3, -0.25) is 0 Å². The van der Waals surface area contributed by atoms with Crippen LogP contribution in [0.2, 0.25) is 0 Å². The summed E-state index contributed by atoms with van der Waals surface area (Å²) in [7, 11) is -3.85. The number of rotatable bonds is 4. The third kappa shape index (κ3) is 2.98. The van der Waals surface area contributed by atoms with Crippen molar-refractivity contribution in [2.75, 3.05) is 13.2 Å². The van der Waals surface area contributed by atoms with Crippen molar-refractivity contribution in [3.05, 3.63) is 27.7 Å². The lowest BCUT2D eigenvalue weighted by atomic mass is 10.1. The number of aliphatic hydroxyl groups is 1. The molecule has 0 bridgehead atoms. The first-order chi connectivity index (χ1) is 9.78. The van der Waals surface area contributed by atoms with Crippen molar-refractivity contribution >= 4 is 31.9 Å². The van der Waals surface area contributed by atoms with E-state index in [2.05, 4.69) is 15.9 Å². The number of halogens is 1. The second-order valence-electron chi connectivity index (χ2n) is 5.00. The molecule has 6 nitrogen and oxygen atoms in total. The fourth-order valence-corrected chi connectivity index (χ4v) is 5.18. The van der Waals surface area contributed by atoms with E-state index in [0.29, 0.717) is 29.4 Å². The van der Waals surface area contributed by atoms with Crippen molar-refractivity contribution < 1.29 is 23.4 Å². The first-order valence-electron chi connectivity index (χ1n) is 6.45. The van der Waals surface area contributed by atoms with Gasteiger partial charge in [0.15, 0.2) is 0 Å². The highest BCUT2D eigenvalue weighted by Crippen LogP contribution is 2.33. The molecule has 1 aromatic carbocycles. The Morgan fingerprint density at radius 1 is 1.48 bits per heavy atom. The Morgan fingerprint density at radius 2 is 2.14 bits per heavy atom. The molecule has 0 aliphatic carbocycles. The van der Waals surface area contributed by atoms with Crippen molar-refractivity contribution in [1.82, 2.24) is 4.31 Å². The molecule has 1 saturated heterocycles. The van der Waals surface area contributed by atoms with Gasteiger partial charge in [-0.05, 0) is 53.4 Å². The molecule has 2 rings (SSSR count). The van der Waals surface area contributed by atoms with Crippen molar-refractivity contribution in [3.8, 4) is 0 Å². The fraction of sp³-hybridized carbons (Fsp3) is 0.462. The molecule has 1 atom stereocenters. The monoisotopic (exact) mass is 377 g/mol. The van der Waals surface area contributed by atoms with E-state index in [1.165, 1.54) is 10.4 Å². The van der Waals surface area contributed by atoms with E-state index >= 15 is 0 Å². The number of hydrogen-bond donors (Lipinski definition) is 2. The summed E-state index contributed by atoms with van der Waals surface area (Å²) in [5.74, 6) is -1.18. The summed E-state index contributed by atoms with van der Waals surface area (Å²) >= 11 is 3.23. The smallest absolute Gasteiger partial charge is 0.335 e. The van der Waals surface area contributed by atoms with Gasteiger partial charge in [-0.2, -0.15) is 4.31 Å². The van der Waals surface area contributed by atoms with Crippen LogP contribution in [0.3, 0.4) is 0 Å². The number of nitrogens with zero attached hydrogens (tertiary/aromatic N) is 1. The van der Waals surface area contributed by atoms with Crippen molar-refractivity contribution in [2.24, 2.45) is 0 Å². The normalized spacial score (nSPS) is 19.9. The molecule has 1 fully saturated rings. The maximum Gasteiger partial charge on any atom is 0.335 e. The van der Waals surface area contributed by atoms with Crippen molar-refractivity contribution in [2.45, 2.75) is 30.7 Å². The minimum Gasteiger partial charge on any atom is -0.478 e. The first-order valence-corrected chi connectivity index (χ1v) is 8.68. The highest BCUT2D eigenvalue weighted by molar-refractivity contribution is 9.10. The largest absolute Gasteiger partial charge is 0.478 e. The SMILES string of the molecule is Cc1cc(C(=O)O)cc(S(=O)(=O)N2CCC[C@@H]2CO)c1Br. The number of sulfonamides is 1. The van der Waals surface area contributed by atoms with Crippen LogP contribution in [0, 0.1) is 6.92 Å². The molecule has 0 unspecified atom stereocenters. The van der Waals surface area contributed by atoms with E-state index in [4.69, 9.17) is 5.11 Å². The first kappa shape index (κ1) is 16.4. The topological polar surface area (TPSA) is 94.9 Å². The average Bonchev–Trinajstić information content (AvgIpc) is 2.90. The van der Waals surface area contributed by atoms with Crippen molar-refractivity contribution in [1.29, 1.82) is 0 Å². The Morgan fingerprint density at radius 3 is 2.71 bits per heavy atom. The van der Waals surface area contributed by atoms with Crippen LogP contribution in [0.4, 0.5) is 0 Å². The standard InChI is InChI=1S/C13H16BrNO5S/c1-8-5-9(13(17)18)6-11(12(8)14)21(19,20)15-4-2-3-10(15)7-16/h5-6,10,16H,2-4,7H2,1H3,(H,17,18)/t10-/m1/s1. The maximum atomic E-state index is 12.7. The van der Waals surface area contributed by atoms with E-state index < -0.39 is 22.0 Å². The van der Waals surface area contributed by atoms with Gasteiger partial charge in [0.2, 0.25) is 10.0 Å². The third-order valence-electron chi connectivity index (χ3n) is 3.59. The van der Waals surface area contributed by atoms with Gasteiger partial charge in [0, 0.05) is 17.1 Å². The van der Waals surface area contributed by atoms with Crippen LogP contribution in [-0.4, -0.2) is 48.1 Å². The number of aliphatic hydroxyl groups excluding tert-OH is 1. The Labute approximate surface area is 131 Å². The summed E-state index contributed by atoms with van der Waals surface area (Å²) in [6.45, 7) is 1.73. The quantitative estimate of drug-likeness (QED) is 0.830. The zero-order chi connectivity index (χ0) is 15.8. The zero-order valence-electron chi connectivity index (χ0n) is 11.4. The maximum absolute atomic E-state index is 12.7. The number of aromatic carboxylic acids is 1. The molecule has 8 heteroatoms. The highest BCUT2D eigenvalue weighted by atomic mass is 79.9. The van der Waals surface area contributed by atoms with E-state index in [9.17, 15) is 18.3 Å². The van der Waals surface area contributed by atoms with Crippen LogP contribution < -0.4 is 0 Å². The number of aryl methyl sites for hydroxylation is 1. The van der Waals surface area contributed by atoms with Crippen molar-refractivity contribution in [3.63, 3.8) is 0 Å². The lowest BCUT2D eigenvalue weighted by Crippen LogP contribution is -2.37. The molecule has 0 spiro atoms. The summed E-state index contributed by atoms with van der Waals surface area (Å²) < 4.78 is 27.1. The average molecular weight is 378 g/mol. The summed E-state index contributed by atoms with van der Waals surface area (Å²) in [4.78, 5) is 11.1. The Bertz CT molecular complexity index is 673. The van der Waals surface area contributed by atoms with Crippen LogP contribution in [-0.2, 0) is 10.0 Å². The molecular weight excluding hydrogens is 362 g/mol. The lowest BCUT2D eigenvalue weighted by Gasteiger charge is -2.23. The molecule has 0 amide bonds. The molecule has 116 valence electrons. The minimum absolute atomic E-state index is 0.0692. The minimum atomic E-state index is -3.85. The van der Waals surface area contributed by atoms with Crippen LogP contribution in [0.25, 0.3) is 0 Å². The third-order valence-corrected chi connectivity index (χ3v) is 6.88.